The lowest BCUT2D eigenvalue weighted by Gasteiger charge is -2.23. The van der Waals surface area contributed by atoms with Crippen LogP contribution in [-0.2, 0) is 17.8 Å². The van der Waals surface area contributed by atoms with Gasteiger partial charge in [0, 0.05) is 45.5 Å². The molecule has 1 saturated carbocycles. The Bertz CT molecular complexity index is 403. The molecule has 6 heteroatoms. The van der Waals surface area contributed by atoms with Gasteiger partial charge in [0.2, 0.25) is 0 Å². The van der Waals surface area contributed by atoms with Crippen molar-refractivity contribution in [2.24, 2.45) is 5.92 Å². The van der Waals surface area contributed by atoms with Gasteiger partial charge in [-0.3, -0.25) is 9.58 Å². The summed E-state index contributed by atoms with van der Waals surface area (Å²) in [5.74, 6) is 0.663. The molecule has 21 heavy (non-hydrogen) atoms. The molecule has 2 rings (SSSR count). The molecule has 0 saturated heterocycles. The molecule has 1 aromatic heterocycles. The second kappa shape index (κ2) is 8.46. The molecular weight excluding hydrogens is 266 g/mol. The van der Waals surface area contributed by atoms with Crippen LogP contribution in [0.1, 0.15) is 32.4 Å². The summed E-state index contributed by atoms with van der Waals surface area (Å²) in [7, 11) is 1.75. The topological polar surface area (TPSA) is 55.2 Å². The maximum absolute atomic E-state index is 5.19. The average Bonchev–Trinajstić information content (AvgIpc) is 3.17. The van der Waals surface area contributed by atoms with Crippen LogP contribution >= 0.6 is 0 Å². The molecule has 1 N–H and O–H groups in total. The highest BCUT2D eigenvalue weighted by Gasteiger charge is 2.20. The standard InChI is InChI=1S/C15H29N5O/c1-13(2)11-19(8-9-21-3)6-7-20-12-15(17-18-20)10-16-14-4-5-14/h12-14,16H,4-11H2,1-3H3. The first-order chi connectivity index (χ1) is 10.2. The lowest BCUT2D eigenvalue weighted by molar-refractivity contribution is 0.136. The van der Waals surface area contributed by atoms with Gasteiger partial charge < -0.3 is 10.1 Å². The number of methoxy groups -OCH3 is 1. The van der Waals surface area contributed by atoms with Gasteiger partial charge in [0.05, 0.1) is 18.8 Å². The Hall–Kier alpha value is -0.980. The molecule has 0 aliphatic heterocycles. The molecule has 1 fully saturated rings. The van der Waals surface area contributed by atoms with Crippen LogP contribution in [-0.4, -0.2) is 59.3 Å². The van der Waals surface area contributed by atoms with Crippen molar-refractivity contribution in [2.75, 3.05) is 33.4 Å². The van der Waals surface area contributed by atoms with Gasteiger partial charge >= 0.3 is 0 Å². The average molecular weight is 295 g/mol. The summed E-state index contributed by atoms with van der Waals surface area (Å²) >= 11 is 0. The summed E-state index contributed by atoms with van der Waals surface area (Å²) in [6, 6.07) is 0.714. The smallest absolute Gasteiger partial charge is 0.0964 e. The van der Waals surface area contributed by atoms with Crippen LogP contribution in [0.2, 0.25) is 0 Å². The van der Waals surface area contributed by atoms with E-state index in [0.29, 0.717) is 12.0 Å². The van der Waals surface area contributed by atoms with Gasteiger partial charge in [-0.2, -0.15) is 0 Å². The number of hydrogen-bond donors (Lipinski definition) is 1. The van der Waals surface area contributed by atoms with Crippen molar-refractivity contribution < 1.29 is 4.74 Å². The zero-order chi connectivity index (χ0) is 15.1. The van der Waals surface area contributed by atoms with E-state index in [0.717, 1.165) is 45.0 Å². The highest BCUT2D eigenvalue weighted by molar-refractivity contribution is 4.94. The Morgan fingerprint density at radius 3 is 2.90 bits per heavy atom. The van der Waals surface area contributed by atoms with Gasteiger partial charge in [0.1, 0.15) is 0 Å². The zero-order valence-electron chi connectivity index (χ0n) is 13.6. The van der Waals surface area contributed by atoms with Gasteiger partial charge in [-0.25, -0.2) is 0 Å². The first-order valence-electron chi connectivity index (χ1n) is 8.01. The minimum absolute atomic E-state index is 0.663. The van der Waals surface area contributed by atoms with E-state index < -0.39 is 0 Å². The molecule has 1 heterocycles. The normalized spacial score (nSPS) is 15.3. The van der Waals surface area contributed by atoms with Crippen molar-refractivity contribution in [1.29, 1.82) is 0 Å². The fourth-order valence-corrected chi connectivity index (χ4v) is 2.34. The fourth-order valence-electron chi connectivity index (χ4n) is 2.34. The molecule has 0 atom stereocenters. The second-order valence-corrected chi connectivity index (χ2v) is 6.32. The monoisotopic (exact) mass is 295 g/mol. The van der Waals surface area contributed by atoms with E-state index in [1.54, 1.807) is 7.11 Å². The molecule has 0 amide bonds. The van der Waals surface area contributed by atoms with E-state index in [2.05, 4.69) is 40.6 Å². The van der Waals surface area contributed by atoms with Crippen LogP contribution in [0.5, 0.6) is 0 Å². The largest absolute Gasteiger partial charge is 0.383 e. The third-order valence-corrected chi connectivity index (χ3v) is 3.62. The maximum atomic E-state index is 5.19. The van der Waals surface area contributed by atoms with Crippen molar-refractivity contribution >= 4 is 0 Å². The van der Waals surface area contributed by atoms with Gasteiger partial charge in [0.25, 0.3) is 0 Å². The van der Waals surface area contributed by atoms with Gasteiger partial charge in [-0.05, 0) is 18.8 Å². The van der Waals surface area contributed by atoms with Crippen LogP contribution in [0.3, 0.4) is 0 Å². The highest BCUT2D eigenvalue weighted by atomic mass is 16.5. The van der Waals surface area contributed by atoms with Crippen molar-refractivity contribution in [3.63, 3.8) is 0 Å². The van der Waals surface area contributed by atoms with E-state index in [1.165, 1.54) is 12.8 Å². The molecule has 0 bridgehead atoms. The number of hydrogen-bond acceptors (Lipinski definition) is 5. The lowest BCUT2D eigenvalue weighted by atomic mass is 10.2. The molecule has 0 spiro atoms. The number of rotatable bonds is 11. The molecule has 1 aliphatic rings. The van der Waals surface area contributed by atoms with E-state index in [1.807, 2.05) is 4.68 Å². The van der Waals surface area contributed by atoms with Crippen molar-refractivity contribution in [1.82, 2.24) is 25.2 Å². The zero-order valence-corrected chi connectivity index (χ0v) is 13.6. The molecule has 0 unspecified atom stereocenters. The molecule has 0 radical (unpaired) electrons. The second-order valence-electron chi connectivity index (χ2n) is 6.32. The first-order valence-corrected chi connectivity index (χ1v) is 8.01. The third-order valence-electron chi connectivity index (χ3n) is 3.62. The Balaban J connectivity index is 1.73. The number of ether oxygens (including phenoxy) is 1. The van der Waals surface area contributed by atoms with Crippen LogP contribution < -0.4 is 5.32 Å². The van der Waals surface area contributed by atoms with Crippen LogP contribution in [0.25, 0.3) is 0 Å². The van der Waals surface area contributed by atoms with E-state index in [9.17, 15) is 0 Å². The van der Waals surface area contributed by atoms with Gasteiger partial charge in [-0.15, -0.1) is 5.10 Å². The predicted octanol–water partition coefficient (Wildman–Crippen LogP) is 1.13. The molecular formula is C15H29N5O. The summed E-state index contributed by atoms with van der Waals surface area (Å²) in [6.07, 6.45) is 4.66. The Labute approximate surface area is 127 Å². The third kappa shape index (κ3) is 6.54. The highest BCUT2D eigenvalue weighted by Crippen LogP contribution is 2.18. The Morgan fingerprint density at radius 1 is 1.43 bits per heavy atom. The SMILES string of the molecule is COCCN(CCn1cc(CNC2CC2)nn1)CC(C)C. The summed E-state index contributed by atoms with van der Waals surface area (Å²) < 4.78 is 7.13. The van der Waals surface area contributed by atoms with Crippen molar-refractivity contribution in [3.8, 4) is 0 Å². The molecule has 1 aliphatic carbocycles. The van der Waals surface area contributed by atoms with Crippen molar-refractivity contribution in [3.05, 3.63) is 11.9 Å². The number of nitrogens with one attached hydrogen (secondary N) is 1. The van der Waals surface area contributed by atoms with E-state index >= 15 is 0 Å². The summed E-state index contributed by atoms with van der Waals surface area (Å²) in [5, 5.41) is 11.9. The summed E-state index contributed by atoms with van der Waals surface area (Å²) in [5.41, 5.74) is 1.04. The fraction of sp³-hybridized carbons (Fsp3) is 0.867. The number of aromatic nitrogens is 3. The summed E-state index contributed by atoms with van der Waals surface area (Å²) in [4.78, 5) is 2.43. The Morgan fingerprint density at radius 2 is 2.24 bits per heavy atom. The molecule has 6 nitrogen and oxygen atoms in total. The minimum atomic E-state index is 0.663. The van der Waals surface area contributed by atoms with E-state index in [4.69, 9.17) is 4.74 Å². The first kappa shape index (κ1) is 16.4. The van der Waals surface area contributed by atoms with E-state index in [-0.39, 0.29) is 0 Å². The maximum Gasteiger partial charge on any atom is 0.0964 e. The van der Waals surface area contributed by atoms with Crippen LogP contribution in [0.15, 0.2) is 6.20 Å². The van der Waals surface area contributed by atoms with Gasteiger partial charge in [-0.1, -0.05) is 19.1 Å². The molecule has 120 valence electrons. The lowest BCUT2D eigenvalue weighted by Crippen LogP contribution is -2.34. The Kier molecular flexibility index (Phi) is 6.60. The summed E-state index contributed by atoms with van der Waals surface area (Å²) in [6.45, 7) is 10.0. The van der Waals surface area contributed by atoms with Crippen LogP contribution in [0, 0.1) is 5.92 Å². The van der Waals surface area contributed by atoms with Gasteiger partial charge in [0.15, 0.2) is 0 Å². The van der Waals surface area contributed by atoms with Crippen molar-refractivity contribution in [2.45, 2.75) is 45.8 Å². The predicted molar refractivity (Wildman–Crippen MR) is 83.0 cm³/mol. The number of nitrogens with zero attached hydrogens (tertiary/aromatic N) is 4. The molecule has 1 aromatic rings. The minimum Gasteiger partial charge on any atom is -0.383 e. The molecule has 0 aromatic carbocycles. The van der Waals surface area contributed by atoms with Crippen LogP contribution in [0.4, 0.5) is 0 Å². The quantitative estimate of drug-likeness (QED) is 0.663.